The summed E-state index contributed by atoms with van der Waals surface area (Å²) in [5.74, 6) is 2.34. The minimum atomic E-state index is -3.19. The smallest absolute Gasteiger partial charge is 0.175 e. The van der Waals surface area contributed by atoms with E-state index in [1.54, 1.807) is 12.1 Å². The predicted octanol–water partition coefficient (Wildman–Crippen LogP) is 0.723. The van der Waals surface area contributed by atoms with Crippen molar-refractivity contribution in [1.29, 1.82) is 0 Å². The van der Waals surface area contributed by atoms with Gasteiger partial charge in [-0.15, -0.1) is 6.42 Å². The van der Waals surface area contributed by atoms with Crippen LogP contribution in [0, 0.1) is 12.3 Å². The van der Waals surface area contributed by atoms with Crippen molar-refractivity contribution < 1.29 is 8.42 Å². The normalized spacial score (nSPS) is 13.2. The van der Waals surface area contributed by atoms with Crippen molar-refractivity contribution in [3.8, 4) is 12.3 Å². The fourth-order valence-corrected chi connectivity index (χ4v) is 1.71. The second-order valence-corrected chi connectivity index (χ2v) is 5.00. The maximum absolute atomic E-state index is 11.2. The average Bonchev–Trinajstić information content (AvgIpc) is 2.15. The molecule has 1 aromatic carbocycles. The molecule has 1 aromatic rings. The van der Waals surface area contributed by atoms with Crippen molar-refractivity contribution >= 4 is 9.84 Å². The minimum Gasteiger partial charge on any atom is -0.314 e. The van der Waals surface area contributed by atoms with Gasteiger partial charge in [-0.3, -0.25) is 0 Å². The third-order valence-electron chi connectivity index (χ3n) is 1.82. The quantitative estimate of drug-likeness (QED) is 0.730. The molecule has 0 saturated heterocycles. The lowest BCUT2D eigenvalue weighted by molar-refractivity contribution is 0.601. The van der Waals surface area contributed by atoms with E-state index in [1.165, 1.54) is 12.1 Å². The van der Waals surface area contributed by atoms with E-state index in [-0.39, 0.29) is 4.90 Å². The average molecular weight is 209 g/mol. The second kappa shape index (κ2) is 3.82. The highest BCUT2D eigenvalue weighted by atomic mass is 32.2. The van der Waals surface area contributed by atoms with E-state index in [4.69, 9.17) is 12.2 Å². The van der Waals surface area contributed by atoms with Gasteiger partial charge in [0, 0.05) is 6.26 Å². The van der Waals surface area contributed by atoms with Crippen LogP contribution in [0.4, 0.5) is 0 Å². The molecule has 1 unspecified atom stereocenters. The van der Waals surface area contributed by atoms with E-state index in [9.17, 15) is 8.42 Å². The van der Waals surface area contributed by atoms with Crippen LogP contribution in [0.5, 0.6) is 0 Å². The van der Waals surface area contributed by atoms with Gasteiger partial charge < -0.3 is 5.73 Å². The predicted molar refractivity (Wildman–Crippen MR) is 55.3 cm³/mol. The zero-order valence-electron chi connectivity index (χ0n) is 7.77. The van der Waals surface area contributed by atoms with Crippen LogP contribution in [-0.2, 0) is 9.84 Å². The molecule has 0 bridgehead atoms. The van der Waals surface area contributed by atoms with Gasteiger partial charge >= 0.3 is 0 Å². The monoisotopic (exact) mass is 209 g/mol. The fourth-order valence-electron chi connectivity index (χ4n) is 1.03. The molecule has 74 valence electrons. The van der Waals surface area contributed by atoms with E-state index in [2.05, 4.69) is 5.92 Å². The van der Waals surface area contributed by atoms with Gasteiger partial charge in [0.05, 0.1) is 10.9 Å². The molecule has 14 heavy (non-hydrogen) atoms. The Morgan fingerprint density at radius 2 is 2.14 bits per heavy atom. The zero-order valence-corrected chi connectivity index (χ0v) is 8.58. The number of nitrogens with two attached hydrogens (primary N) is 1. The fraction of sp³-hybridized carbons (Fsp3) is 0.200. The number of terminal acetylenes is 1. The summed E-state index contributed by atoms with van der Waals surface area (Å²) in [5, 5.41) is 0. The molecule has 0 amide bonds. The Hall–Kier alpha value is -1.31. The van der Waals surface area contributed by atoms with Crippen LogP contribution >= 0.6 is 0 Å². The lowest BCUT2D eigenvalue weighted by Gasteiger charge is -2.05. The van der Waals surface area contributed by atoms with Crippen molar-refractivity contribution in [1.82, 2.24) is 0 Å². The molecule has 0 fully saturated rings. The molecule has 3 nitrogen and oxygen atoms in total. The third-order valence-corrected chi connectivity index (χ3v) is 2.94. The number of sulfone groups is 1. The number of hydrogen-bond acceptors (Lipinski definition) is 3. The Morgan fingerprint density at radius 1 is 1.50 bits per heavy atom. The topological polar surface area (TPSA) is 60.2 Å². The van der Waals surface area contributed by atoms with E-state index in [1.807, 2.05) is 0 Å². The number of benzene rings is 1. The lowest BCUT2D eigenvalue weighted by atomic mass is 10.1. The summed E-state index contributed by atoms with van der Waals surface area (Å²) >= 11 is 0. The van der Waals surface area contributed by atoms with Crippen molar-refractivity contribution in [3.05, 3.63) is 29.8 Å². The molecule has 0 aliphatic rings. The highest BCUT2D eigenvalue weighted by molar-refractivity contribution is 7.90. The summed E-state index contributed by atoms with van der Waals surface area (Å²) in [4.78, 5) is 0.237. The van der Waals surface area contributed by atoms with Gasteiger partial charge in [-0.25, -0.2) is 8.42 Å². The molecule has 2 N–H and O–H groups in total. The van der Waals surface area contributed by atoms with Crippen LogP contribution in [0.15, 0.2) is 29.2 Å². The second-order valence-electron chi connectivity index (χ2n) is 2.99. The Balaban J connectivity index is 3.22. The molecule has 0 aromatic heterocycles. The van der Waals surface area contributed by atoms with Gasteiger partial charge in [0.2, 0.25) is 0 Å². The highest BCUT2D eigenvalue weighted by Crippen LogP contribution is 2.15. The highest BCUT2D eigenvalue weighted by Gasteiger charge is 2.09. The van der Waals surface area contributed by atoms with Crippen molar-refractivity contribution in [2.24, 2.45) is 5.73 Å². The third kappa shape index (κ3) is 2.34. The molecule has 1 atom stereocenters. The van der Waals surface area contributed by atoms with E-state index < -0.39 is 15.9 Å². The van der Waals surface area contributed by atoms with Gasteiger partial charge in [0.25, 0.3) is 0 Å². The van der Waals surface area contributed by atoms with Crippen molar-refractivity contribution in [2.45, 2.75) is 10.9 Å². The molecule has 1 rings (SSSR count). The van der Waals surface area contributed by atoms with Crippen LogP contribution in [0.3, 0.4) is 0 Å². The largest absolute Gasteiger partial charge is 0.314 e. The molecule has 0 saturated carbocycles. The summed E-state index contributed by atoms with van der Waals surface area (Å²) in [6, 6.07) is 5.79. The van der Waals surface area contributed by atoms with Crippen LogP contribution in [-0.4, -0.2) is 14.7 Å². The maximum Gasteiger partial charge on any atom is 0.175 e. The SMILES string of the molecule is C#CC(N)c1cccc(S(C)(=O)=O)c1. The molecule has 0 spiro atoms. The molecule has 0 aliphatic carbocycles. The maximum atomic E-state index is 11.2. The van der Waals surface area contributed by atoms with Crippen molar-refractivity contribution in [3.63, 3.8) is 0 Å². The van der Waals surface area contributed by atoms with Gasteiger partial charge in [-0.2, -0.15) is 0 Å². The number of hydrogen-bond donors (Lipinski definition) is 1. The molecular weight excluding hydrogens is 198 g/mol. The lowest BCUT2D eigenvalue weighted by Crippen LogP contribution is -2.08. The summed E-state index contributed by atoms with van der Waals surface area (Å²) in [7, 11) is -3.19. The van der Waals surface area contributed by atoms with E-state index >= 15 is 0 Å². The Labute approximate surface area is 83.9 Å². The Bertz CT molecular complexity index is 471. The summed E-state index contributed by atoms with van der Waals surface area (Å²) in [6.45, 7) is 0. The van der Waals surface area contributed by atoms with Crippen LogP contribution in [0.2, 0.25) is 0 Å². The van der Waals surface area contributed by atoms with Gasteiger partial charge in [-0.05, 0) is 17.7 Å². The van der Waals surface area contributed by atoms with Gasteiger partial charge in [-0.1, -0.05) is 18.1 Å². The first-order valence-electron chi connectivity index (χ1n) is 3.97. The molecule has 0 heterocycles. The van der Waals surface area contributed by atoms with E-state index in [0.717, 1.165) is 6.26 Å². The first kappa shape index (κ1) is 10.8. The zero-order chi connectivity index (χ0) is 10.8. The van der Waals surface area contributed by atoms with Gasteiger partial charge in [0.1, 0.15) is 0 Å². The summed E-state index contributed by atoms with van der Waals surface area (Å²) < 4.78 is 22.4. The molecule has 0 radical (unpaired) electrons. The van der Waals surface area contributed by atoms with Crippen LogP contribution < -0.4 is 5.73 Å². The summed E-state index contributed by atoms with van der Waals surface area (Å²) in [6.07, 6.45) is 6.29. The molecule has 4 heteroatoms. The van der Waals surface area contributed by atoms with Crippen LogP contribution in [0.25, 0.3) is 0 Å². The Kier molecular flexibility index (Phi) is 2.94. The molecule has 0 aliphatic heterocycles. The first-order valence-corrected chi connectivity index (χ1v) is 5.86. The standard InChI is InChI=1S/C10H11NO2S/c1-3-10(11)8-5-4-6-9(7-8)14(2,12)13/h1,4-7,10H,11H2,2H3. The van der Waals surface area contributed by atoms with E-state index in [0.29, 0.717) is 5.56 Å². The first-order chi connectivity index (χ1) is 6.45. The minimum absolute atomic E-state index is 0.237. The number of rotatable bonds is 2. The Morgan fingerprint density at radius 3 is 2.64 bits per heavy atom. The van der Waals surface area contributed by atoms with Crippen LogP contribution in [0.1, 0.15) is 11.6 Å². The van der Waals surface area contributed by atoms with Gasteiger partial charge in [0.15, 0.2) is 9.84 Å². The summed E-state index contributed by atoms with van der Waals surface area (Å²) in [5.41, 5.74) is 6.21. The van der Waals surface area contributed by atoms with Crippen molar-refractivity contribution in [2.75, 3.05) is 6.26 Å². The molecular formula is C10H11NO2S.